The number of benzene rings is 2. The monoisotopic (exact) mass is 355 g/mol. The maximum Gasteiger partial charge on any atom is 0.234 e. The van der Waals surface area contributed by atoms with Crippen molar-refractivity contribution in [2.24, 2.45) is 0 Å². The molecule has 1 amide bonds. The van der Waals surface area contributed by atoms with Gasteiger partial charge in [0.25, 0.3) is 0 Å². The number of nitrogens with one attached hydrogen (secondary N) is 1. The van der Waals surface area contributed by atoms with Gasteiger partial charge in [-0.1, -0.05) is 42.5 Å². The highest BCUT2D eigenvalue weighted by Crippen LogP contribution is 2.12. The molecular formula is C21H29N3O2. The molecule has 0 aromatic heterocycles. The molecule has 0 aliphatic rings. The van der Waals surface area contributed by atoms with Crippen molar-refractivity contribution in [3.05, 3.63) is 65.7 Å². The standard InChI is InChI=1S/C21H29N3O2/c1-23(2)13-14-26-20-11-9-18(10-12-20)15-22-21(25)17-24(3)16-19-7-5-4-6-8-19/h4-12H,13-17H2,1-3H3,(H,22,25). The van der Waals surface area contributed by atoms with Crippen LogP contribution in [0.1, 0.15) is 11.1 Å². The quantitative estimate of drug-likeness (QED) is 0.711. The fourth-order valence-electron chi connectivity index (χ4n) is 2.50. The molecule has 0 heterocycles. The zero-order valence-corrected chi connectivity index (χ0v) is 15.9. The number of carbonyl (C=O) groups is 1. The third-order valence-electron chi connectivity index (χ3n) is 3.93. The number of hydrogen-bond donors (Lipinski definition) is 1. The van der Waals surface area contributed by atoms with Crippen molar-refractivity contribution >= 4 is 5.91 Å². The minimum Gasteiger partial charge on any atom is -0.492 e. The van der Waals surface area contributed by atoms with Gasteiger partial charge in [-0.15, -0.1) is 0 Å². The van der Waals surface area contributed by atoms with Crippen LogP contribution in [0.3, 0.4) is 0 Å². The molecule has 0 saturated carbocycles. The number of likely N-dealkylation sites (N-methyl/N-ethyl adjacent to an activating group) is 2. The molecule has 0 fully saturated rings. The van der Waals surface area contributed by atoms with Crippen LogP contribution < -0.4 is 10.1 Å². The van der Waals surface area contributed by atoms with Crippen LogP contribution in [0.25, 0.3) is 0 Å². The predicted octanol–water partition coefficient (Wildman–Crippen LogP) is 2.38. The summed E-state index contributed by atoms with van der Waals surface area (Å²) in [6, 6.07) is 18.0. The summed E-state index contributed by atoms with van der Waals surface area (Å²) in [6.07, 6.45) is 0. The van der Waals surface area contributed by atoms with E-state index in [1.807, 2.05) is 68.5 Å². The Labute approximate surface area is 156 Å². The summed E-state index contributed by atoms with van der Waals surface area (Å²) in [4.78, 5) is 16.2. The lowest BCUT2D eigenvalue weighted by Gasteiger charge is -2.16. The third-order valence-corrected chi connectivity index (χ3v) is 3.93. The van der Waals surface area contributed by atoms with Gasteiger partial charge in [0.05, 0.1) is 6.54 Å². The normalized spacial score (nSPS) is 11.0. The van der Waals surface area contributed by atoms with E-state index >= 15 is 0 Å². The van der Waals surface area contributed by atoms with Gasteiger partial charge in [0.2, 0.25) is 5.91 Å². The second kappa shape index (κ2) is 10.6. The molecule has 2 rings (SSSR count). The molecule has 5 nitrogen and oxygen atoms in total. The predicted molar refractivity (Wildman–Crippen MR) is 105 cm³/mol. The van der Waals surface area contributed by atoms with Crippen LogP contribution in [-0.2, 0) is 17.9 Å². The molecular weight excluding hydrogens is 326 g/mol. The number of hydrogen-bond acceptors (Lipinski definition) is 4. The molecule has 140 valence electrons. The van der Waals surface area contributed by atoms with E-state index in [-0.39, 0.29) is 5.91 Å². The Kier molecular flexibility index (Phi) is 8.12. The zero-order valence-electron chi connectivity index (χ0n) is 15.9. The summed E-state index contributed by atoms with van der Waals surface area (Å²) in [5, 5.41) is 2.97. The van der Waals surface area contributed by atoms with Crippen LogP contribution in [-0.4, -0.2) is 56.5 Å². The third kappa shape index (κ3) is 7.68. The van der Waals surface area contributed by atoms with E-state index in [1.54, 1.807) is 0 Å². The fraction of sp³-hybridized carbons (Fsp3) is 0.381. The first kappa shape index (κ1) is 19.9. The fourth-order valence-corrected chi connectivity index (χ4v) is 2.50. The lowest BCUT2D eigenvalue weighted by molar-refractivity contribution is -0.122. The van der Waals surface area contributed by atoms with Gasteiger partial charge >= 0.3 is 0 Å². The highest BCUT2D eigenvalue weighted by Gasteiger charge is 2.07. The molecule has 0 atom stereocenters. The molecule has 0 radical (unpaired) electrons. The Morgan fingerprint density at radius 3 is 2.31 bits per heavy atom. The van der Waals surface area contributed by atoms with Crippen LogP contribution in [0.15, 0.2) is 54.6 Å². The molecule has 0 unspecified atom stereocenters. The summed E-state index contributed by atoms with van der Waals surface area (Å²) in [7, 11) is 5.99. The van der Waals surface area contributed by atoms with Crippen LogP contribution in [0.5, 0.6) is 5.75 Å². The minimum atomic E-state index is 0.0229. The molecule has 26 heavy (non-hydrogen) atoms. The van der Waals surface area contributed by atoms with E-state index in [9.17, 15) is 4.79 Å². The average Bonchev–Trinajstić information content (AvgIpc) is 2.61. The van der Waals surface area contributed by atoms with Gasteiger partial charge < -0.3 is 15.0 Å². The first-order chi connectivity index (χ1) is 12.5. The number of amides is 1. The Bertz CT molecular complexity index is 657. The van der Waals surface area contributed by atoms with Crippen molar-refractivity contribution in [3.8, 4) is 5.75 Å². The van der Waals surface area contributed by atoms with Crippen LogP contribution >= 0.6 is 0 Å². The van der Waals surface area contributed by atoms with Crippen LogP contribution in [0.4, 0.5) is 0 Å². The Morgan fingerprint density at radius 2 is 1.65 bits per heavy atom. The summed E-state index contributed by atoms with van der Waals surface area (Å²) in [5.74, 6) is 0.874. The molecule has 5 heteroatoms. The number of nitrogens with zero attached hydrogens (tertiary/aromatic N) is 2. The summed E-state index contributed by atoms with van der Waals surface area (Å²) < 4.78 is 5.67. The molecule has 0 bridgehead atoms. The molecule has 2 aromatic rings. The first-order valence-electron chi connectivity index (χ1n) is 8.88. The second-order valence-corrected chi connectivity index (χ2v) is 6.73. The highest BCUT2D eigenvalue weighted by atomic mass is 16.5. The Hall–Kier alpha value is -2.37. The molecule has 2 aromatic carbocycles. The van der Waals surface area contributed by atoms with Gasteiger partial charge in [-0.25, -0.2) is 0 Å². The summed E-state index contributed by atoms with van der Waals surface area (Å²) in [5.41, 5.74) is 2.26. The minimum absolute atomic E-state index is 0.0229. The lowest BCUT2D eigenvalue weighted by atomic mass is 10.2. The average molecular weight is 355 g/mol. The molecule has 0 aliphatic heterocycles. The Morgan fingerprint density at radius 1 is 0.962 bits per heavy atom. The molecule has 0 saturated heterocycles. The number of ether oxygens (including phenoxy) is 1. The molecule has 1 N–H and O–H groups in total. The lowest BCUT2D eigenvalue weighted by Crippen LogP contribution is -2.34. The van der Waals surface area contributed by atoms with Crippen molar-refractivity contribution in [2.45, 2.75) is 13.1 Å². The smallest absolute Gasteiger partial charge is 0.234 e. The van der Waals surface area contributed by atoms with Crippen molar-refractivity contribution in [1.82, 2.24) is 15.1 Å². The number of rotatable bonds is 10. The van der Waals surface area contributed by atoms with Crippen molar-refractivity contribution in [2.75, 3.05) is 40.8 Å². The van der Waals surface area contributed by atoms with Crippen LogP contribution in [0, 0.1) is 0 Å². The van der Waals surface area contributed by atoms with Gasteiger partial charge in [-0.05, 0) is 44.4 Å². The van der Waals surface area contributed by atoms with E-state index in [4.69, 9.17) is 4.74 Å². The SMILES string of the molecule is CN(C)CCOc1ccc(CNC(=O)CN(C)Cc2ccccc2)cc1. The van der Waals surface area contributed by atoms with Crippen LogP contribution in [0.2, 0.25) is 0 Å². The maximum atomic E-state index is 12.1. The maximum absolute atomic E-state index is 12.1. The van der Waals surface area contributed by atoms with Gasteiger partial charge in [-0.2, -0.15) is 0 Å². The van der Waals surface area contributed by atoms with Gasteiger partial charge in [0, 0.05) is 19.6 Å². The van der Waals surface area contributed by atoms with E-state index in [0.717, 1.165) is 24.4 Å². The number of carbonyl (C=O) groups excluding carboxylic acids is 1. The van der Waals surface area contributed by atoms with E-state index < -0.39 is 0 Å². The van der Waals surface area contributed by atoms with E-state index in [2.05, 4.69) is 22.3 Å². The largest absolute Gasteiger partial charge is 0.492 e. The van der Waals surface area contributed by atoms with Gasteiger partial charge in [-0.3, -0.25) is 9.69 Å². The zero-order chi connectivity index (χ0) is 18.8. The second-order valence-electron chi connectivity index (χ2n) is 6.73. The van der Waals surface area contributed by atoms with E-state index in [1.165, 1.54) is 5.56 Å². The van der Waals surface area contributed by atoms with Crippen molar-refractivity contribution in [1.29, 1.82) is 0 Å². The van der Waals surface area contributed by atoms with Crippen molar-refractivity contribution < 1.29 is 9.53 Å². The summed E-state index contributed by atoms with van der Waals surface area (Å²) in [6.45, 7) is 3.20. The topological polar surface area (TPSA) is 44.8 Å². The van der Waals surface area contributed by atoms with E-state index in [0.29, 0.717) is 19.7 Å². The molecule has 0 spiro atoms. The van der Waals surface area contributed by atoms with Crippen molar-refractivity contribution in [3.63, 3.8) is 0 Å². The highest BCUT2D eigenvalue weighted by molar-refractivity contribution is 5.77. The van der Waals surface area contributed by atoms with Gasteiger partial charge in [0.1, 0.15) is 12.4 Å². The summed E-state index contributed by atoms with van der Waals surface area (Å²) >= 11 is 0. The van der Waals surface area contributed by atoms with Gasteiger partial charge in [0.15, 0.2) is 0 Å². The Balaban J connectivity index is 1.69. The molecule has 0 aliphatic carbocycles. The first-order valence-corrected chi connectivity index (χ1v) is 8.88.